The Balaban J connectivity index is 3.10. The molecule has 0 heterocycles. The summed E-state index contributed by atoms with van der Waals surface area (Å²) in [6.45, 7) is 1.93. The van der Waals surface area contributed by atoms with Gasteiger partial charge in [0.1, 0.15) is 0 Å². The first-order chi connectivity index (χ1) is 6.57. The minimum atomic E-state index is -0.860. The Bertz CT molecular complexity index is 313. The maximum absolute atomic E-state index is 13.3. The Morgan fingerprint density at radius 3 is 2.50 bits per heavy atom. The van der Waals surface area contributed by atoms with Gasteiger partial charge in [0.25, 0.3) is 0 Å². The van der Waals surface area contributed by atoms with Crippen LogP contribution in [0.2, 0.25) is 0 Å². The average Bonchev–Trinajstić information content (AvgIpc) is 2.13. The first-order valence-electron chi connectivity index (χ1n) is 4.47. The molecule has 1 aromatic carbocycles. The number of rotatable bonds is 3. The van der Waals surface area contributed by atoms with Crippen LogP contribution in [0, 0.1) is 11.6 Å². The van der Waals surface area contributed by atoms with E-state index in [1.807, 2.05) is 0 Å². The molecule has 0 saturated heterocycles. The van der Waals surface area contributed by atoms with Gasteiger partial charge in [-0.2, -0.15) is 0 Å². The van der Waals surface area contributed by atoms with E-state index in [9.17, 15) is 8.78 Å². The SMILES string of the molecule is CC(N)C(CN)c1cccc(F)c1F. The second-order valence-corrected chi connectivity index (χ2v) is 3.34. The van der Waals surface area contributed by atoms with E-state index in [0.29, 0.717) is 0 Å². The standard InChI is InChI=1S/C10H14F2N2/c1-6(14)8(5-13)7-3-2-4-9(11)10(7)12/h2-4,6,8H,5,13-14H2,1H3. The molecular weight excluding hydrogens is 186 g/mol. The molecule has 0 saturated carbocycles. The summed E-state index contributed by atoms with van der Waals surface area (Å²) in [6, 6.07) is 3.75. The van der Waals surface area contributed by atoms with E-state index in [4.69, 9.17) is 11.5 Å². The van der Waals surface area contributed by atoms with Crippen LogP contribution in [-0.2, 0) is 0 Å². The van der Waals surface area contributed by atoms with Crippen molar-refractivity contribution in [3.05, 3.63) is 35.4 Å². The lowest BCUT2D eigenvalue weighted by Crippen LogP contribution is -2.31. The summed E-state index contributed by atoms with van der Waals surface area (Å²) in [5, 5.41) is 0. The number of hydrogen-bond acceptors (Lipinski definition) is 2. The zero-order valence-corrected chi connectivity index (χ0v) is 8.00. The van der Waals surface area contributed by atoms with E-state index in [1.54, 1.807) is 6.92 Å². The molecular formula is C10H14F2N2. The van der Waals surface area contributed by atoms with Crippen LogP contribution in [-0.4, -0.2) is 12.6 Å². The van der Waals surface area contributed by atoms with Crippen molar-refractivity contribution in [2.45, 2.75) is 18.9 Å². The topological polar surface area (TPSA) is 52.0 Å². The molecule has 0 aliphatic rings. The lowest BCUT2D eigenvalue weighted by atomic mass is 9.92. The van der Waals surface area contributed by atoms with Crippen molar-refractivity contribution in [3.8, 4) is 0 Å². The zero-order valence-electron chi connectivity index (χ0n) is 8.00. The number of nitrogens with two attached hydrogens (primary N) is 2. The van der Waals surface area contributed by atoms with Gasteiger partial charge in [0.2, 0.25) is 0 Å². The molecule has 0 aromatic heterocycles. The molecule has 0 fully saturated rings. The van der Waals surface area contributed by atoms with Crippen LogP contribution in [0.3, 0.4) is 0 Å². The Labute approximate surface area is 81.9 Å². The number of halogens is 2. The minimum Gasteiger partial charge on any atom is -0.330 e. The largest absolute Gasteiger partial charge is 0.330 e. The molecule has 2 unspecified atom stereocenters. The third-order valence-corrected chi connectivity index (χ3v) is 2.27. The highest BCUT2D eigenvalue weighted by Crippen LogP contribution is 2.22. The van der Waals surface area contributed by atoms with Gasteiger partial charge in [-0.15, -0.1) is 0 Å². The first kappa shape index (κ1) is 11.1. The molecule has 0 aliphatic carbocycles. The molecule has 0 aliphatic heterocycles. The molecule has 2 nitrogen and oxygen atoms in total. The van der Waals surface area contributed by atoms with Crippen molar-refractivity contribution < 1.29 is 8.78 Å². The normalized spacial score (nSPS) is 15.2. The van der Waals surface area contributed by atoms with Gasteiger partial charge in [-0.25, -0.2) is 8.78 Å². The molecule has 0 amide bonds. The third-order valence-electron chi connectivity index (χ3n) is 2.27. The van der Waals surface area contributed by atoms with Gasteiger partial charge in [-0.3, -0.25) is 0 Å². The highest BCUT2D eigenvalue weighted by atomic mass is 19.2. The highest BCUT2D eigenvalue weighted by Gasteiger charge is 2.19. The van der Waals surface area contributed by atoms with Crippen molar-refractivity contribution in [3.63, 3.8) is 0 Å². The maximum Gasteiger partial charge on any atom is 0.162 e. The molecule has 0 bridgehead atoms. The summed E-state index contributed by atoms with van der Waals surface area (Å²) >= 11 is 0. The van der Waals surface area contributed by atoms with Gasteiger partial charge in [0, 0.05) is 18.5 Å². The van der Waals surface area contributed by atoms with Gasteiger partial charge < -0.3 is 11.5 Å². The second-order valence-electron chi connectivity index (χ2n) is 3.34. The number of hydrogen-bond donors (Lipinski definition) is 2. The van der Waals surface area contributed by atoms with Crippen LogP contribution in [0.1, 0.15) is 18.4 Å². The third kappa shape index (κ3) is 2.08. The average molecular weight is 200 g/mol. The minimum absolute atomic E-state index is 0.206. The molecule has 4 N–H and O–H groups in total. The Kier molecular flexibility index (Phi) is 3.55. The van der Waals surface area contributed by atoms with Crippen LogP contribution in [0.25, 0.3) is 0 Å². The van der Waals surface area contributed by atoms with Crippen molar-refractivity contribution in [2.75, 3.05) is 6.54 Å². The lowest BCUT2D eigenvalue weighted by Gasteiger charge is -2.19. The van der Waals surface area contributed by atoms with Crippen molar-refractivity contribution in [1.82, 2.24) is 0 Å². The summed E-state index contributed by atoms with van der Waals surface area (Å²) in [5.74, 6) is -2.05. The fourth-order valence-corrected chi connectivity index (χ4v) is 1.43. The van der Waals surface area contributed by atoms with E-state index in [0.717, 1.165) is 6.07 Å². The van der Waals surface area contributed by atoms with Gasteiger partial charge in [-0.05, 0) is 18.6 Å². The molecule has 1 rings (SSSR count). The molecule has 0 spiro atoms. The van der Waals surface area contributed by atoms with Crippen LogP contribution >= 0.6 is 0 Å². The molecule has 2 atom stereocenters. The fraction of sp³-hybridized carbons (Fsp3) is 0.400. The zero-order chi connectivity index (χ0) is 10.7. The van der Waals surface area contributed by atoms with Crippen LogP contribution in [0.15, 0.2) is 18.2 Å². The second kappa shape index (κ2) is 4.48. The summed E-state index contributed by atoms with van der Waals surface area (Å²) in [6.07, 6.45) is 0. The summed E-state index contributed by atoms with van der Waals surface area (Å²) < 4.78 is 26.2. The van der Waals surface area contributed by atoms with Gasteiger partial charge >= 0.3 is 0 Å². The number of benzene rings is 1. The van der Waals surface area contributed by atoms with E-state index >= 15 is 0 Å². The van der Waals surface area contributed by atoms with Crippen LogP contribution < -0.4 is 11.5 Å². The predicted octanol–water partition coefficient (Wildman–Crippen LogP) is 1.35. The van der Waals surface area contributed by atoms with Crippen LogP contribution in [0.5, 0.6) is 0 Å². The Morgan fingerprint density at radius 1 is 1.36 bits per heavy atom. The summed E-state index contributed by atoms with van der Waals surface area (Å²) in [4.78, 5) is 0. The quantitative estimate of drug-likeness (QED) is 0.773. The molecule has 14 heavy (non-hydrogen) atoms. The first-order valence-corrected chi connectivity index (χ1v) is 4.47. The molecule has 4 heteroatoms. The molecule has 78 valence electrons. The summed E-state index contributed by atoms with van der Waals surface area (Å²) in [5.41, 5.74) is 11.3. The van der Waals surface area contributed by atoms with E-state index in [1.165, 1.54) is 12.1 Å². The van der Waals surface area contributed by atoms with Crippen molar-refractivity contribution >= 4 is 0 Å². The Morgan fingerprint density at radius 2 is 2.00 bits per heavy atom. The van der Waals surface area contributed by atoms with Gasteiger partial charge in [0.15, 0.2) is 11.6 Å². The monoisotopic (exact) mass is 200 g/mol. The maximum atomic E-state index is 13.3. The molecule has 0 radical (unpaired) electrons. The van der Waals surface area contributed by atoms with E-state index < -0.39 is 11.6 Å². The fourth-order valence-electron chi connectivity index (χ4n) is 1.43. The Hall–Kier alpha value is -1.00. The highest BCUT2D eigenvalue weighted by molar-refractivity contribution is 5.24. The molecule has 1 aromatic rings. The van der Waals surface area contributed by atoms with E-state index in [2.05, 4.69) is 0 Å². The summed E-state index contributed by atoms with van der Waals surface area (Å²) in [7, 11) is 0. The van der Waals surface area contributed by atoms with Gasteiger partial charge in [0.05, 0.1) is 0 Å². The smallest absolute Gasteiger partial charge is 0.162 e. The predicted molar refractivity (Wildman–Crippen MR) is 51.8 cm³/mol. The lowest BCUT2D eigenvalue weighted by molar-refractivity contribution is 0.473. The van der Waals surface area contributed by atoms with Crippen LogP contribution in [0.4, 0.5) is 8.78 Å². The van der Waals surface area contributed by atoms with Crippen molar-refractivity contribution in [2.24, 2.45) is 11.5 Å². The van der Waals surface area contributed by atoms with Gasteiger partial charge in [-0.1, -0.05) is 12.1 Å². The van der Waals surface area contributed by atoms with E-state index in [-0.39, 0.29) is 24.1 Å². The van der Waals surface area contributed by atoms with Crippen molar-refractivity contribution in [1.29, 1.82) is 0 Å².